The van der Waals surface area contributed by atoms with Crippen molar-refractivity contribution in [1.82, 2.24) is 14.8 Å². The van der Waals surface area contributed by atoms with Gasteiger partial charge in [-0.3, -0.25) is 4.68 Å². The predicted molar refractivity (Wildman–Crippen MR) is 72.4 cm³/mol. The number of hydrogen-bond acceptors (Lipinski definition) is 4. The molecule has 0 atom stereocenters. The lowest BCUT2D eigenvalue weighted by Gasteiger charge is -2.07. The Hall–Kier alpha value is -1.88. The topological polar surface area (TPSA) is 49.2 Å². The Morgan fingerprint density at radius 2 is 2.05 bits per heavy atom. The van der Waals surface area contributed by atoms with E-state index in [9.17, 15) is 0 Å². The van der Waals surface area contributed by atoms with Gasteiger partial charge in [0.15, 0.2) is 0 Å². The molecule has 2 aromatic rings. The summed E-state index contributed by atoms with van der Waals surface area (Å²) in [5.41, 5.74) is 3.30. The van der Waals surface area contributed by atoms with E-state index in [1.807, 2.05) is 23.7 Å². The standard InChI is InChI=1S/C14H19N3O2/c1-11-8-12(2)17(16-11)10-13-4-5-15-14(9-13)19-7-6-18-3/h4-5,8-9H,6-7,10H2,1-3H3. The minimum absolute atomic E-state index is 0.507. The van der Waals surface area contributed by atoms with Crippen molar-refractivity contribution in [3.8, 4) is 5.88 Å². The predicted octanol–water partition coefficient (Wildman–Crippen LogP) is 1.97. The third-order valence-corrected chi connectivity index (χ3v) is 2.77. The second kappa shape index (κ2) is 6.33. The molecular weight excluding hydrogens is 242 g/mol. The van der Waals surface area contributed by atoms with Crippen LogP contribution in [0.2, 0.25) is 0 Å². The second-order valence-electron chi connectivity index (χ2n) is 4.43. The van der Waals surface area contributed by atoms with E-state index in [4.69, 9.17) is 9.47 Å². The lowest BCUT2D eigenvalue weighted by molar-refractivity contribution is 0.143. The van der Waals surface area contributed by atoms with Crippen molar-refractivity contribution in [3.05, 3.63) is 41.3 Å². The molecule has 0 radical (unpaired) electrons. The summed E-state index contributed by atoms with van der Waals surface area (Å²) in [4.78, 5) is 4.17. The normalized spacial score (nSPS) is 10.7. The van der Waals surface area contributed by atoms with Crippen LogP contribution in [0.1, 0.15) is 17.0 Å². The first-order chi connectivity index (χ1) is 9.19. The lowest BCUT2D eigenvalue weighted by Crippen LogP contribution is -2.07. The van der Waals surface area contributed by atoms with E-state index in [1.54, 1.807) is 13.3 Å². The SMILES string of the molecule is COCCOc1cc(Cn2nc(C)cc2C)ccn1. The van der Waals surface area contributed by atoms with Crippen LogP contribution in [0.4, 0.5) is 0 Å². The highest BCUT2D eigenvalue weighted by atomic mass is 16.5. The molecule has 2 heterocycles. The molecule has 2 rings (SSSR count). The van der Waals surface area contributed by atoms with Crippen LogP contribution >= 0.6 is 0 Å². The third-order valence-electron chi connectivity index (χ3n) is 2.77. The van der Waals surface area contributed by atoms with E-state index in [0.717, 1.165) is 23.5 Å². The third kappa shape index (κ3) is 3.79. The molecule has 0 aliphatic carbocycles. The summed E-state index contributed by atoms with van der Waals surface area (Å²) in [6.07, 6.45) is 1.75. The van der Waals surface area contributed by atoms with Gasteiger partial charge in [0, 0.05) is 25.1 Å². The summed E-state index contributed by atoms with van der Waals surface area (Å²) in [7, 11) is 1.65. The van der Waals surface area contributed by atoms with Crippen molar-refractivity contribution >= 4 is 0 Å². The molecule has 0 bridgehead atoms. The second-order valence-corrected chi connectivity index (χ2v) is 4.43. The summed E-state index contributed by atoms with van der Waals surface area (Å²) >= 11 is 0. The molecule has 102 valence electrons. The van der Waals surface area contributed by atoms with E-state index >= 15 is 0 Å². The summed E-state index contributed by atoms with van der Waals surface area (Å²) in [5, 5.41) is 4.45. The molecule has 2 aromatic heterocycles. The average molecular weight is 261 g/mol. The van der Waals surface area contributed by atoms with E-state index in [-0.39, 0.29) is 0 Å². The molecule has 5 heteroatoms. The van der Waals surface area contributed by atoms with Crippen LogP contribution in [0.3, 0.4) is 0 Å². The number of nitrogens with zero attached hydrogens (tertiary/aromatic N) is 3. The highest BCUT2D eigenvalue weighted by molar-refractivity contribution is 5.21. The first-order valence-corrected chi connectivity index (χ1v) is 6.27. The first kappa shape index (κ1) is 13.5. The van der Waals surface area contributed by atoms with Crippen LogP contribution in [0, 0.1) is 13.8 Å². The number of aromatic nitrogens is 3. The fourth-order valence-electron chi connectivity index (χ4n) is 1.87. The maximum Gasteiger partial charge on any atom is 0.213 e. The molecular formula is C14H19N3O2. The zero-order valence-corrected chi connectivity index (χ0v) is 11.6. The molecule has 0 aliphatic heterocycles. The average Bonchev–Trinajstić information content (AvgIpc) is 2.69. The molecule has 0 fully saturated rings. The highest BCUT2D eigenvalue weighted by Crippen LogP contribution is 2.12. The molecule has 19 heavy (non-hydrogen) atoms. The molecule has 0 saturated carbocycles. The zero-order chi connectivity index (χ0) is 13.7. The minimum atomic E-state index is 0.507. The maximum atomic E-state index is 5.49. The van der Waals surface area contributed by atoms with Gasteiger partial charge in [0.1, 0.15) is 6.61 Å². The molecule has 0 spiro atoms. The van der Waals surface area contributed by atoms with E-state index in [1.165, 1.54) is 0 Å². The summed E-state index contributed by atoms with van der Waals surface area (Å²) < 4.78 is 12.4. The molecule has 0 unspecified atom stereocenters. The fourth-order valence-corrected chi connectivity index (χ4v) is 1.87. The minimum Gasteiger partial charge on any atom is -0.475 e. The molecule has 5 nitrogen and oxygen atoms in total. The Morgan fingerprint density at radius 1 is 1.21 bits per heavy atom. The molecule has 0 saturated heterocycles. The Bertz CT molecular complexity index is 537. The maximum absolute atomic E-state index is 5.49. The van der Waals surface area contributed by atoms with Gasteiger partial charge in [0.05, 0.1) is 18.8 Å². The Labute approximate surface area is 113 Å². The highest BCUT2D eigenvalue weighted by Gasteiger charge is 2.04. The van der Waals surface area contributed by atoms with Gasteiger partial charge in [-0.15, -0.1) is 0 Å². The monoisotopic (exact) mass is 261 g/mol. The van der Waals surface area contributed by atoms with Gasteiger partial charge >= 0.3 is 0 Å². The van der Waals surface area contributed by atoms with Crippen LogP contribution in [0.15, 0.2) is 24.4 Å². The summed E-state index contributed by atoms with van der Waals surface area (Å²) in [6, 6.07) is 5.98. The van der Waals surface area contributed by atoms with Gasteiger partial charge in [0.2, 0.25) is 5.88 Å². The van der Waals surface area contributed by atoms with Crippen LogP contribution in [0.25, 0.3) is 0 Å². The Balaban J connectivity index is 2.04. The fraction of sp³-hybridized carbons (Fsp3) is 0.429. The van der Waals surface area contributed by atoms with E-state index in [2.05, 4.69) is 23.1 Å². The number of methoxy groups -OCH3 is 1. The first-order valence-electron chi connectivity index (χ1n) is 6.27. The van der Waals surface area contributed by atoms with Crippen molar-refractivity contribution in [2.45, 2.75) is 20.4 Å². The smallest absolute Gasteiger partial charge is 0.213 e. The van der Waals surface area contributed by atoms with E-state index in [0.29, 0.717) is 19.1 Å². The number of hydrogen-bond donors (Lipinski definition) is 0. The van der Waals surface area contributed by atoms with Gasteiger partial charge in [-0.05, 0) is 31.5 Å². The largest absolute Gasteiger partial charge is 0.475 e. The van der Waals surface area contributed by atoms with E-state index < -0.39 is 0 Å². The van der Waals surface area contributed by atoms with Gasteiger partial charge in [-0.25, -0.2) is 4.98 Å². The van der Waals surface area contributed by atoms with Gasteiger partial charge < -0.3 is 9.47 Å². The van der Waals surface area contributed by atoms with Crippen LogP contribution < -0.4 is 4.74 Å². The van der Waals surface area contributed by atoms with Crippen molar-refractivity contribution in [3.63, 3.8) is 0 Å². The Kier molecular flexibility index (Phi) is 4.52. The molecule has 0 amide bonds. The Morgan fingerprint density at radius 3 is 2.74 bits per heavy atom. The number of rotatable bonds is 6. The number of ether oxygens (including phenoxy) is 2. The molecule has 0 aliphatic rings. The van der Waals surface area contributed by atoms with Crippen molar-refractivity contribution in [2.75, 3.05) is 20.3 Å². The number of pyridine rings is 1. The molecule has 0 aromatic carbocycles. The van der Waals surface area contributed by atoms with Crippen LogP contribution in [-0.2, 0) is 11.3 Å². The van der Waals surface area contributed by atoms with Crippen molar-refractivity contribution in [2.24, 2.45) is 0 Å². The van der Waals surface area contributed by atoms with Crippen LogP contribution in [-0.4, -0.2) is 35.1 Å². The lowest BCUT2D eigenvalue weighted by atomic mass is 10.2. The van der Waals surface area contributed by atoms with Crippen molar-refractivity contribution in [1.29, 1.82) is 0 Å². The zero-order valence-electron chi connectivity index (χ0n) is 11.6. The molecule has 0 N–H and O–H groups in total. The quantitative estimate of drug-likeness (QED) is 0.746. The summed E-state index contributed by atoms with van der Waals surface area (Å²) in [5.74, 6) is 0.621. The van der Waals surface area contributed by atoms with Crippen molar-refractivity contribution < 1.29 is 9.47 Å². The summed E-state index contributed by atoms with van der Waals surface area (Å²) in [6.45, 7) is 5.84. The number of aryl methyl sites for hydroxylation is 2. The van der Waals surface area contributed by atoms with Gasteiger partial charge in [0.25, 0.3) is 0 Å². The van der Waals surface area contributed by atoms with Gasteiger partial charge in [-0.1, -0.05) is 0 Å². The van der Waals surface area contributed by atoms with Gasteiger partial charge in [-0.2, -0.15) is 5.10 Å². The van der Waals surface area contributed by atoms with Crippen LogP contribution in [0.5, 0.6) is 5.88 Å².